The summed E-state index contributed by atoms with van der Waals surface area (Å²) >= 11 is 0. The average Bonchev–Trinajstić information content (AvgIpc) is 1.56. The molecule has 0 aliphatic heterocycles. The van der Waals surface area contributed by atoms with Gasteiger partial charge in [-0.2, -0.15) is 0 Å². The van der Waals surface area contributed by atoms with E-state index < -0.39 is 0 Å². The minimum absolute atomic E-state index is 0.131. The van der Waals surface area contributed by atoms with Gasteiger partial charge in [-0.15, -0.1) is 0 Å². The lowest BCUT2D eigenvalue weighted by Crippen LogP contribution is -2.15. The quantitative estimate of drug-likeness (QED) is 0.142. The lowest BCUT2D eigenvalue weighted by molar-refractivity contribution is 0.660. The lowest BCUT2D eigenvalue weighted by atomic mass is 9.82. The first kappa shape index (κ1) is 54.6. The van der Waals surface area contributed by atoms with Crippen LogP contribution in [0.25, 0.3) is 160 Å². The third-order valence-corrected chi connectivity index (χ3v) is 21.6. The summed E-state index contributed by atoms with van der Waals surface area (Å²) in [6, 6.07) is 111. The predicted molar refractivity (Wildman–Crippen MR) is 401 cm³/mol. The smallest absolute Gasteiger partial charge is 0.134 e. The molecule has 452 valence electrons. The number of aromatic nitrogens is 5. The molecule has 5 heteroatoms. The minimum Gasteiger partial charge on any atom is -0.309 e. The van der Waals surface area contributed by atoms with Crippen molar-refractivity contribution >= 4 is 87.1 Å². The molecule has 20 rings (SSSR count). The third kappa shape index (κ3) is 7.98. The second-order valence-corrected chi connectivity index (χ2v) is 27.7. The Bertz CT molecular complexity index is 6080. The van der Waals surface area contributed by atoms with Crippen LogP contribution in [0.15, 0.2) is 297 Å². The molecule has 0 radical (unpaired) electrons. The van der Waals surface area contributed by atoms with Crippen LogP contribution < -0.4 is 0 Å². The van der Waals surface area contributed by atoms with E-state index in [2.05, 4.69) is 339 Å². The Labute approximate surface area is 556 Å². The maximum atomic E-state index is 5.51. The summed E-state index contributed by atoms with van der Waals surface area (Å²) in [6.07, 6.45) is 0.626. The van der Waals surface area contributed by atoms with Gasteiger partial charge in [0.1, 0.15) is 5.82 Å². The molecule has 0 spiro atoms. The van der Waals surface area contributed by atoms with Crippen LogP contribution in [0, 0.1) is 0 Å². The van der Waals surface area contributed by atoms with Crippen LogP contribution >= 0.6 is 0 Å². The number of rotatable bonds is 8. The third-order valence-electron chi connectivity index (χ3n) is 21.6. The summed E-state index contributed by atoms with van der Waals surface area (Å²) in [7, 11) is 0. The summed E-state index contributed by atoms with van der Waals surface area (Å²) in [4.78, 5) is 10.8. The first-order valence-corrected chi connectivity index (χ1v) is 33.6. The molecule has 0 saturated carbocycles. The van der Waals surface area contributed by atoms with Gasteiger partial charge in [-0.25, -0.2) is 9.97 Å². The van der Waals surface area contributed by atoms with E-state index in [0.29, 0.717) is 6.42 Å². The molecule has 0 unspecified atom stereocenters. The van der Waals surface area contributed by atoms with Gasteiger partial charge in [0.15, 0.2) is 0 Å². The van der Waals surface area contributed by atoms with Crippen LogP contribution in [-0.4, -0.2) is 23.7 Å². The van der Waals surface area contributed by atoms with Crippen molar-refractivity contribution in [2.45, 2.75) is 44.9 Å². The molecule has 14 aromatic carbocycles. The van der Waals surface area contributed by atoms with Crippen molar-refractivity contribution in [2.24, 2.45) is 0 Å². The van der Waals surface area contributed by atoms with Gasteiger partial charge in [-0.1, -0.05) is 234 Å². The first-order valence-electron chi connectivity index (χ1n) is 33.6. The van der Waals surface area contributed by atoms with Crippen molar-refractivity contribution in [1.29, 1.82) is 0 Å². The Hall–Kier alpha value is -11.9. The highest BCUT2D eigenvalue weighted by Gasteiger charge is 2.37. The fraction of sp³-hybridized carbons (Fsp3) is 0.0769. The van der Waals surface area contributed by atoms with Crippen LogP contribution in [0.5, 0.6) is 0 Å². The van der Waals surface area contributed by atoms with Crippen molar-refractivity contribution in [1.82, 2.24) is 23.7 Å². The second-order valence-electron chi connectivity index (χ2n) is 27.7. The fourth-order valence-electron chi connectivity index (χ4n) is 17.0. The zero-order chi connectivity index (χ0) is 63.7. The molecule has 18 aromatic rings. The SMILES string of the molecule is CC1(C)c2ccccc2-c2ccc(-n3c4ccccc4c4ccc(-c5ccc6c(c5)c5cc(-c7ccc8c9ccccc9n(-c9ccc%10c(c9)C(C)(C)c9ccccc9-%10)c8c7)ccc5n6-c5cccc(-c6nc(Cc7ccccc7)nc7ccc8ccccc8c67)c5)cc43)cc21. The molecule has 4 heterocycles. The van der Waals surface area contributed by atoms with Gasteiger partial charge >= 0.3 is 0 Å². The molecule has 96 heavy (non-hydrogen) atoms. The number of benzene rings is 14. The highest BCUT2D eigenvalue weighted by Crippen LogP contribution is 2.52. The molecular formula is C91H63N5. The minimum atomic E-state index is -0.131. The Morgan fingerprint density at radius 3 is 1.33 bits per heavy atom. The molecule has 0 saturated heterocycles. The zero-order valence-electron chi connectivity index (χ0n) is 53.7. The summed E-state index contributed by atoms with van der Waals surface area (Å²) in [5.41, 5.74) is 29.6. The Balaban J connectivity index is 0.780. The van der Waals surface area contributed by atoms with Crippen LogP contribution in [0.3, 0.4) is 0 Å². The van der Waals surface area contributed by atoms with Crippen LogP contribution in [0.4, 0.5) is 0 Å². The molecule has 4 aromatic heterocycles. The molecule has 0 atom stereocenters. The van der Waals surface area contributed by atoms with Gasteiger partial charge in [0.05, 0.1) is 44.3 Å². The van der Waals surface area contributed by atoms with E-state index in [1.165, 1.54) is 116 Å². The van der Waals surface area contributed by atoms with E-state index >= 15 is 0 Å². The molecule has 0 amide bonds. The molecule has 0 N–H and O–H groups in total. The van der Waals surface area contributed by atoms with E-state index in [4.69, 9.17) is 9.97 Å². The molecule has 5 nitrogen and oxygen atoms in total. The molecular weight excluding hydrogens is 1160 g/mol. The molecule has 2 aliphatic carbocycles. The largest absolute Gasteiger partial charge is 0.309 e. The van der Waals surface area contributed by atoms with Crippen LogP contribution in [-0.2, 0) is 17.3 Å². The first-order chi connectivity index (χ1) is 47.1. The van der Waals surface area contributed by atoms with Crippen molar-refractivity contribution in [3.8, 4) is 72.8 Å². The Morgan fingerprint density at radius 1 is 0.281 bits per heavy atom. The van der Waals surface area contributed by atoms with Gasteiger partial charge in [0.25, 0.3) is 0 Å². The van der Waals surface area contributed by atoms with E-state index in [9.17, 15) is 0 Å². The average molecular weight is 1230 g/mol. The van der Waals surface area contributed by atoms with Gasteiger partial charge in [0, 0.05) is 77.6 Å². The van der Waals surface area contributed by atoms with E-state index in [1.807, 2.05) is 0 Å². The Kier molecular flexibility index (Phi) is 11.5. The van der Waals surface area contributed by atoms with Gasteiger partial charge in [-0.05, 0) is 174 Å². The summed E-state index contributed by atoms with van der Waals surface area (Å²) < 4.78 is 7.45. The highest BCUT2D eigenvalue weighted by atomic mass is 15.0. The maximum absolute atomic E-state index is 5.51. The topological polar surface area (TPSA) is 40.6 Å². The number of fused-ring (bicyclic) bond motifs is 18. The van der Waals surface area contributed by atoms with Crippen molar-refractivity contribution in [3.05, 3.63) is 331 Å². The number of hydrogen-bond acceptors (Lipinski definition) is 2. The van der Waals surface area contributed by atoms with Crippen LogP contribution in [0.2, 0.25) is 0 Å². The second kappa shape index (κ2) is 20.3. The zero-order valence-corrected chi connectivity index (χ0v) is 53.7. The van der Waals surface area contributed by atoms with Crippen molar-refractivity contribution in [3.63, 3.8) is 0 Å². The van der Waals surface area contributed by atoms with Gasteiger partial charge < -0.3 is 13.7 Å². The van der Waals surface area contributed by atoms with E-state index in [1.54, 1.807) is 0 Å². The maximum Gasteiger partial charge on any atom is 0.134 e. The molecule has 0 bridgehead atoms. The van der Waals surface area contributed by atoms with Gasteiger partial charge in [0.2, 0.25) is 0 Å². The highest BCUT2D eigenvalue weighted by molar-refractivity contribution is 6.16. The summed E-state index contributed by atoms with van der Waals surface area (Å²) in [6.45, 7) is 9.49. The van der Waals surface area contributed by atoms with Crippen LogP contribution in [0.1, 0.15) is 61.3 Å². The van der Waals surface area contributed by atoms with E-state index in [0.717, 1.165) is 77.7 Å². The fourth-order valence-corrected chi connectivity index (χ4v) is 17.0. The normalized spacial score (nSPS) is 13.6. The predicted octanol–water partition coefficient (Wildman–Crippen LogP) is 23.3. The standard InChI is InChI=1S/C91H63N5/c1-90(2)76-29-14-10-25-66(76)68-42-38-63(53-78(68)90)95-81-31-16-12-27-70(81)72-40-33-59(51-85(72)95)57-36-45-83-74(49-57)75-50-58(60-34-41-73-71-28-13-17-32-82(71)96(86(73)52-60)64-39-43-69-67-26-11-15-30-77(67)91(3,4)79(69)54-64)37-46-84(75)94(83)62-23-18-22-61(48-62)89-88-65-24-9-8-21-56(65)35-44-80(88)92-87(93-89)47-55-19-6-5-7-20-55/h5-46,48-54H,47H2,1-4H3. The van der Waals surface area contributed by atoms with E-state index in [-0.39, 0.29) is 10.8 Å². The lowest BCUT2D eigenvalue weighted by Gasteiger charge is -2.22. The number of hydrogen-bond donors (Lipinski definition) is 0. The monoisotopic (exact) mass is 1230 g/mol. The number of nitrogens with zero attached hydrogens (tertiary/aromatic N) is 5. The summed E-state index contributed by atoms with van der Waals surface area (Å²) in [5, 5.41) is 10.7. The van der Waals surface area contributed by atoms with Gasteiger partial charge in [-0.3, -0.25) is 0 Å². The Morgan fingerprint density at radius 2 is 0.740 bits per heavy atom. The van der Waals surface area contributed by atoms with Crippen molar-refractivity contribution in [2.75, 3.05) is 0 Å². The molecule has 0 fully saturated rings. The summed E-state index contributed by atoms with van der Waals surface area (Å²) in [5.74, 6) is 0.794. The molecule has 2 aliphatic rings. The van der Waals surface area contributed by atoms with Crippen molar-refractivity contribution < 1.29 is 0 Å². The number of para-hydroxylation sites is 2.